The van der Waals surface area contributed by atoms with Gasteiger partial charge < -0.3 is 11.1 Å². The zero-order valence-corrected chi connectivity index (χ0v) is 15.9. The topological polar surface area (TPSA) is 92.5 Å². The van der Waals surface area contributed by atoms with Crippen molar-refractivity contribution < 1.29 is 13.2 Å². The Bertz CT molecular complexity index is 658. The summed E-state index contributed by atoms with van der Waals surface area (Å²) in [6, 6.07) is 6.45. The molecule has 3 N–H and O–H groups in total. The van der Waals surface area contributed by atoms with E-state index < -0.39 is 10.0 Å². The monoisotopic (exact) mass is 375 g/mol. The van der Waals surface area contributed by atoms with Crippen LogP contribution >= 0.6 is 12.4 Å². The van der Waals surface area contributed by atoms with Crippen LogP contribution in [0.25, 0.3) is 0 Å². The molecule has 0 radical (unpaired) electrons. The number of carbonyl (C=O) groups excluding carboxylic acids is 1. The smallest absolute Gasteiger partial charge is 0.242 e. The fourth-order valence-electron chi connectivity index (χ4n) is 2.35. The molecule has 1 saturated carbocycles. The lowest BCUT2D eigenvalue weighted by Gasteiger charge is -2.16. The molecule has 136 valence electrons. The number of nitrogens with one attached hydrogen (secondary N) is 1. The Hall–Kier alpha value is -1.15. The summed E-state index contributed by atoms with van der Waals surface area (Å²) in [5.41, 5.74) is 6.75. The van der Waals surface area contributed by atoms with E-state index in [0.29, 0.717) is 12.5 Å². The summed E-state index contributed by atoms with van der Waals surface area (Å²) in [6.07, 6.45) is 2.29. The molecular formula is C16H26ClN3O3S. The van der Waals surface area contributed by atoms with Crippen LogP contribution in [0.5, 0.6) is 0 Å². The normalized spacial score (nSPS) is 17.0. The quantitative estimate of drug-likeness (QED) is 0.751. The van der Waals surface area contributed by atoms with Crippen molar-refractivity contribution in [2.24, 2.45) is 11.7 Å². The summed E-state index contributed by atoms with van der Waals surface area (Å²) in [4.78, 5) is 12.4. The Balaban J connectivity index is 0.00000288. The van der Waals surface area contributed by atoms with Gasteiger partial charge in [0.15, 0.2) is 0 Å². The van der Waals surface area contributed by atoms with E-state index in [0.717, 1.165) is 22.7 Å². The number of carbonyl (C=O) groups is 1. The fraction of sp³-hybridized carbons (Fsp3) is 0.562. The number of nitrogens with zero attached hydrogens (tertiary/aromatic N) is 1. The lowest BCUT2D eigenvalue weighted by molar-refractivity contribution is -0.122. The van der Waals surface area contributed by atoms with E-state index in [2.05, 4.69) is 5.32 Å². The van der Waals surface area contributed by atoms with Gasteiger partial charge in [0.05, 0.1) is 10.8 Å². The molecule has 1 fully saturated rings. The second-order valence-corrected chi connectivity index (χ2v) is 8.48. The largest absolute Gasteiger partial charge is 0.354 e. The molecule has 0 spiro atoms. The minimum Gasteiger partial charge on any atom is -0.354 e. The van der Waals surface area contributed by atoms with E-state index in [1.807, 2.05) is 0 Å². The molecule has 0 aliphatic heterocycles. The number of nitrogens with two attached hydrogens (primary N) is 1. The molecule has 1 aromatic carbocycles. The predicted molar refractivity (Wildman–Crippen MR) is 96.7 cm³/mol. The molecule has 2 unspecified atom stereocenters. The highest BCUT2D eigenvalue weighted by molar-refractivity contribution is 7.89. The first-order chi connectivity index (χ1) is 10.7. The maximum atomic E-state index is 12.2. The highest BCUT2D eigenvalue weighted by Crippen LogP contribution is 2.31. The van der Waals surface area contributed by atoms with Gasteiger partial charge in [-0.25, -0.2) is 12.7 Å². The lowest BCUT2D eigenvalue weighted by atomic mass is 10.0. The molecule has 1 aliphatic rings. The summed E-state index contributed by atoms with van der Waals surface area (Å²) in [5, 5.41) is 2.87. The number of amides is 1. The van der Waals surface area contributed by atoms with Gasteiger partial charge in [-0.2, -0.15) is 0 Å². The summed E-state index contributed by atoms with van der Waals surface area (Å²) in [5.74, 6) is 0.1000. The van der Waals surface area contributed by atoms with Gasteiger partial charge in [-0.1, -0.05) is 12.1 Å². The Labute approximate surface area is 150 Å². The van der Waals surface area contributed by atoms with Crippen molar-refractivity contribution >= 4 is 28.3 Å². The van der Waals surface area contributed by atoms with Crippen molar-refractivity contribution in [3.8, 4) is 0 Å². The molecule has 2 atom stereocenters. The number of sulfonamides is 1. The third-order valence-electron chi connectivity index (χ3n) is 4.29. The Kier molecular flexibility index (Phi) is 7.22. The van der Waals surface area contributed by atoms with Crippen LogP contribution in [0.15, 0.2) is 29.2 Å². The highest BCUT2D eigenvalue weighted by atomic mass is 35.5. The van der Waals surface area contributed by atoms with E-state index in [1.165, 1.54) is 26.2 Å². The maximum absolute atomic E-state index is 12.2. The minimum absolute atomic E-state index is 0. The zero-order valence-electron chi connectivity index (χ0n) is 14.2. The fourth-order valence-corrected chi connectivity index (χ4v) is 3.25. The molecule has 24 heavy (non-hydrogen) atoms. The van der Waals surface area contributed by atoms with Crippen molar-refractivity contribution in [1.82, 2.24) is 9.62 Å². The molecule has 2 rings (SSSR count). The van der Waals surface area contributed by atoms with E-state index >= 15 is 0 Å². The number of hydrogen-bond donors (Lipinski definition) is 2. The van der Waals surface area contributed by atoms with Gasteiger partial charge in [-0.15, -0.1) is 12.4 Å². The zero-order chi connectivity index (χ0) is 17.2. The van der Waals surface area contributed by atoms with Gasteiger partial charge >= 0.3 is 0 Å². The molecule has 0 aromatic heterocycles. The predicted octanol–water partition coefficient (Wildman–Crippen LogP) is 1.32. The first-order valence-electron chi connectivity index (χ1n) is 7.79. The van der Waals surface area contributed by atoms with Gasteiger partial charge in [0, 0.05) is 26.7 Å². The van der Waals surface area contributed by atoms with Crippen molar-refractivity contribution in [3.05, 3.63) is 29.8 Å². The average Bonchev–Trinajstić information content (AvgIpc) is 3.36. The summed E-state index contributed by atoms with van der Waals surface area (Å²) in [7, 11) is -0.470. The van der Waals surface area contributed by atoms with Crippen LogP contribution in [0.2, 0.25) is 0 Å². The van der Waals surface area contributed by atoms with Crippen LogP contribution in [-0.2, 0) is 14.8 Å². The molecular weight excluding hydrogens is 350 g/mol. The SMILES string of the molecule is CC(C(=O)NCC(N)C1CC1)c1ccc(S(=O)(=O)N(C)C)cc1.Cl. The Morgan fingerprint density at radius 1 is 1.29 bits per heavy atom. The number of rotatable bonds is 7. The number of hydrogen-bond acceptors (Lipinski definition) is 4. The van der Waals surface area contributed by atoms with Crippen LogP contribution in [0.4, 0.5) is 0 Å². The van der Waals surface area contributed by atoms with Gasteiger partial charge in [0.1, 0.15) is 0 Å². The van der Waals surface area contributed by atoms with Crippen LogP contribution in [0.1, 0.15) is 31.2 Å². The van der Waals surface area contributed by atoms with Crippen LogP contribution in [0, 0.1) is 5.92 Å². The molecule has 1 amide bonds. The molecule has 6 nitrogen and oxygen atoms in total. The van der Waals surface area contributed by atoms with E-state index in [4.69, 9.17) is 5.73 Å². The first-order valence-corrected chi connectivity index (χ1v) is 9.23. The van der Waals surface area contributed by atoms with Crippen LogP contribution in [-0.4, -0.2) is 45.3 Å². The molecule has 0 heterocycles. The average molecular weight is 376 g/mol. The summed E-state index contributed by atoms with van der Waals surface area (Å²) >= 11 is 0. The number of halogens is 1. The Morgan fingerprint density at radius 2 is 1.83 bits per heavy atom. The summed E-state index contributed by atoms with van der Waals surface area (Å²) in [6.45, 7) is 2.29. The van der Waals surface area contributed by atoms with Crippen LogP contribution in [0.3, 0.4) is 0 Å². The van der Waals surface area contributed by atoms with Gasteiger partial charge in [-0.3, -0.25) is 4.79 Å². The molecule has 1 aromatic rings. The lowest BCUT2D eigenvalue weighted by Crippen LogP contribution is -2.40. The molecule has 0 saturated heterocycles. The molecule has 8 heteroatoms. The van der Waals surface area contributed by atoms with Crippen molar-refractivity contribution in [3.63, 3.8) is 0 Å². The highest BCUT2D eigenvalue weighted by Gasteiger charge is 2.29. The second-order valence-electron chi connectivity index (χ2n) is 6.32. The van der Waals surface area contributed by atoms with Crippen molar-refractivity contribution in [2.45, 2.75) is 36.6 Å². The second kappa shape index (κ2) is 8.29. The van der Waals surface area contributed by atoms with Crippen LogP contribution < -0.4 is 11.1 Å². The molecule has 1 aliphatic carbocycles. The summed E-state index contributed by atoms with van der Waals surface area (Å²) < 4.78 is 25.2. The van der Waals surface area contributed by atoms with Gasteiger partial charge in [-0.05, 0) is 43.4 Å². The van der Waals surface area contributed by atoms with Gasteiger partial charge in [0.2, 0.25) is 15.9 Å². The van der Waals surface area contributed by atoms with E-state index in [9.17, 15) is 13.2 Å². The Morgan fingerprint density at radius 3 is 2.29 bits per heavy atom. The third kappa shape index (κ3) is 4.92. The van der Waals surface area contributed by atoms with E-state index in [-0.39, 0.29) is 35.2 Å². The maximum Gasteiger partial charge on any atom is 0.242 e. The standard InChI is InChI=1S/C16H25N3O3S.ClH/c1-11(16(20)18-10-15(17)13-4-5-13)12-6-8-14(9-7-12)23(21,22)19(2)3;/h6-9,11,13,15H,4-5,10,17H2,1-3H3,(H,18,20);1H. The third-order valence-corrected chi connectivity index (χ3v) is 6.12. The molecule has 0 bridgehead atoms. The first kappa shape index (κ1) is 20.9. The number of benzene rings is 1. The van der Waals surface area contributed by atoms with Crippen molar-refractivity contribution in [2.75, 3.05) is 20.6 Å². The van der Waals surface area contributed by atoms with Gasteiger partial charge in [0.25, 0.3) is 0 Å². The van der Waals surface area contributed by atoms with Crippen molar-refractivity contribution in [1.29, 1.82) is 0 Å². The minimum atomic E-state index is -3.45. The van der Waals surface area contributed by atoms with E-state index in [1.54, 1.807) is 19.1 Å².